The molecule has 0 aliphatic carbocycles. The fraction of sp³-hybridized carbons (Fsp3) is 0.444. The van der Waals surface area contributed by atoms with E-state index < -0.39 is 5.79 Å². The highest BCUT2D eigenvalue weighted by Gasteiger charge is 2.41. The lowest BCUT2D eigenvalue weighted by atomic mass is 10.0. The first-order valence-electron chi connectivity index (χ1n) is 8.46. The number of benzene rings is 1. The number of methoxy groups -OCH3 is 1. The molecule has 0 saturated carbocycles. The van der Waals surface area contributed by atoms with Crippen molar-refractivity contribution in [1.82, 2.24) is 15.1 Å². The van der Waals surface area contributed by atoms with Gasteiger partial charge in [-0.15, -0.1) is 0 Å². The van der Waals surface area contributed by atoms with Crippen LogP contribution < -0.4 is 4.74 Å². The largest absolute Gasteiger partial charge is 0.497 e. The summed E-state index contributed by atoms with van der Waals surface area (Å²) in [6.07, 6.45) is 1.41. The van der Waals surface area contributed by atoms with Gasteiger partial charge in [-0.2, -0.15) is 5.10 Å². The number of aromatic nitrogens is 2. The molecule has 2 aromatic rings. The molecule has 1 N–H and O–H groups in total. The van der Waals surface area contributed by atoms with Crippen molar-refractivity contribution in [2.24, 2.45) is 0 Å². The molecule has 1 spiro atoms. The van der Waals surface area contributed by atoms with Crippen molar-refractivity contribution in [3.05, 3.63) is 36.0 Å². The van der Waals surface area contributed by atoms with Crippen LogP contribution in [0.1, 0.15) is 23.3 Å². The summed E-state index contributed by atoms with van der Waals surface area (Å²) in [5.74, 6) is 0.272. The first kappa shape index (κ1) is 16.1. The van der Waals surface area contributed by atoms with Gasteiger partial charge in [-0.25, -0.2) is 0 Å². The quantitative estimate of drug-likeness (QED) is 0.923. The van der Waals surface area contributed by atoms with Gasteiger partial charge in [-0.3, -0.25) is 9.89 Å². The van der Waals surface area contributed by atoms with E-state index in [0.717, 1.165) is 17.0 Å². The molecule has 1 amide bonds. The minimum atomic E-state index is -0.473. The summed E-state index contributed by atoms with van der Waals surface area (Å²) in [4.78, 5) is 14.5. The Morgan fingerprint density at radius 3 is 2.52 bits per heavy atom. The van der Waals surface area contributed by atoms with Crippen molar-refractivity contribution in [2.45, 2.75) is 18.6 Å². The number of rotatable bonds is 3. The molecule has 2 aliphatic rings. The maximum Gasteiger partial charge on any atom is 0.271 e. The van der Waals surface area contributed by atoms with Crippen LogP contribution in [0.2, 0.25) is 0 Å². The molecule has 7 nitrogen and oxygen atoms in total. The lowest BCUT2D eigenvalue weighted by Gasteiger charge is -2.37. The van der Waals surface area contributed by atoms with Gasteiger partial charge in [-0.05, 0) is 30.3 Å². The number of nitrogens with zero attached hydrogens (tertiary/aromatic N) is 2. The first-order chi connectivity index (χ1) is 12.2. The van der Waals surface area contributed by atoms with E-state index in [4.69, 9.17) is 14.2 Å². The number of ether oxygens (including phenoxy) is 3. The molecule has 7 heteroatoms. The van der Waals surface area contributed by atoms with Crippen molar-refractivity contribution in [3.8, 4) is 17.0 Å². The van der Waals surface area contributed by atoms with E-state index in [1.54, 1.807) is 13.2 Å². The lowest BCUT2D eigenvalue weighted by molar-refractivity contribution is -0.181. The molecule has 3 heterocycles. The molecule has 25 heavy (non-hydrogen) atoms. The molecule has 2 fully saturated rings. The van der Waals surface area contributed by atoms with E-state index in [2.05, 4.69) is 10.2 Å². The predicted octanol–water partition coefficient (Wildman–Crippen LogP) is 2.06. The van der Waals surface area contributed by atoms with Crippen LogP contribution in [-0.2, 0) is 9.47 Å². The highest BCUT2D eigenvalue weighted by atomic mass is 16.7. The Balaban J connectivity index is 1.43. The zero-order chi connectivity index (χ0) is 17.3. The standard InChI is InChI=1S/C18H21N3O4/c1-23-14-4-2-13(3-5-14)15-12-16(20-19-15)17(22)21-8-6-18(7-9-21)24-10-11-25-18/h2-5,12H,6-11H2,1H3,(H,19,20). The second-order valence-electron chi connectivity index (χ2n) is 6.30. The summed E-state index contributed by atoms with van der Waals surface area (Å²) in [6.45, 7) is 2.52. The smallest absolute Gasteiger partial charge is 0.271 e. The van der Waals surface area contributed by atoms with Crippen molar-refractivity contribution in [3.63, 3.8) is 0 Å². The molecule has 1 aromatic carbocycles. The monoisotopic (exact) mass is 343 g/mol. The van der Waals surface area contributed by atoms with Crippen LogP contribution in [0.15, 0.2) is 30.3 Å². The molecule has 132 valence electrons. The van der Waals surface area contributed by atoms with Crippen LogP contribution in [-0.4, -0.2) is 60.2 Å². The molecule has 2 saturated heterocycles. The average molecular weight is 343 g/mol. The van der Waals surface area contributed by atoms with Crippen LogP contribution in [0.4, 0.5) is 0 Å². The molecule has 1 aromatic heterocycles. The van der Waals surface area contributed by atoms with Gasteiger partial charge in [0.1, 0.15) is 11.4 Å². The lowest BCUT2D eigenvalue weighted by Crippen LogP contribution is -2.47. The number of hydrogen-bond acceptors (Lipinski definition) is 5. The number of hydrogen-bond donors (Lipinski definition) is 1. The highest BCUT2D eigenvalue weighted by Crippen LogP contribution is 2.31. The molecular formula is C18H21N3O4. The minimum absolute atomic E-state index is 0.0416. The predicted molar refractivity (Wildman–Crippen MR) is 90.3 cm³/mol. The van der Waals surface area contributed by atoms with Crippen LogP contribution in [0.25, 0.3) is 11.3 Å². The SMILES string of the molecule is COc1ccc(-c2cc(C(=O)N3CCC4(CC3)OCCO4)[nH]n2)cc1. The van der Waals surface area contributed by atoms with Crippen molar-refractivity contribution in [2.75, 3.05) is 33.4 Å². The molecular weight excluding hydrogens is 322 g/mol. The molecule has 0 unspecified atom stereocenters. The van der Waals surface area contributed by atoms with Gasteiger partial charge in [0.05, 0.1) is 26.0 Å². The maximum absolute atomic E-state index is 12.7. The third kappa shape index (κ3) is 3.12. The second-order valence-corrected chi connectivity index (χ2v) is 6.30. The third-order valence-corrected chi connectivity index (χ3v) is 4.82. The second kappa shape index (κ2) is 6.50. The van der Waals surface area contributed by atoms with E-state index in [0.29, 0.717) is 44.8 Å². The van der Waals surface area contributed by atoms with E-state index >= 15 is 0 Å². The van der Waals surface area contributed by atoms with Crippen molar-refractivity contribution >= 4 is 5.91 Å². The fourth-order valence-electron chi connectivity index (χ4n) is 3.35. The number of H-pyrrole nitrogens is 1. The van der Waals surface area contributed by atoms with Crippen LogP contribution in [0, 0.1) is 0 Å². The summed E-state index contributed by atoms with van der Waals surface area (Å²) in [5, 5.41) is 7.12. The zero-order valence-electron chi connectivity index (χ0n) is 14.2. The first-order valence-corrected chi connectivity index (χ1v) is 8.46. The maximum atomic E-state index is 12.7. The van der Waals surface area contributed by atoms with Gasteiger partial charge in [0.15, 0.2) is 5.79 Å². The van der Waals surface area contributed by atoms with Crippen molar-refractivity contribution in [1.29, 1.82) is 0 Å². The fourth-order valence-corrected chi connectivity index (χ4v) is 3.35. The van der Waals surface area contributed by atoms with E-state index in [1.807, 2.05) is 29.2 Å². The number of aromatic amines is 1. The normalized spacial score (nSPS) is 19.3. The van der Waals surface area contributed by atoms with Crippen LogP contribution in [0.3, 0.4) is 0 Å². The number of piperidine rings is 1. The third-order valence-electron chi connectivity index (χ3n) is 4.82. The number of nitrogens with one attached hydrogen (secondary N) is 1. The van der Waals surface area contributed by atoms with Gasteiger partial charge >= 0.3 is 0 Å². The van der Waals surface area contributed by atoms with Crippen molar-refractivity contribution < 1.29 is 19.0 Å². The summed E-state index contributed by atoms with van der Waals surface area (Å²) in [6, 6.07) is 9.37. The van der Waals surface area contributed by atoms with Gasteiger partial charge in [0.2, 0.25) is 0 Å². The summed E-state index contributed by atoms with van der Waals surface area (Å²) < 4.78 is 16.6. The Labute approximate surface area is 145 Å². The highest BCUT2D eigenvalue weighted by molar-refractivity contribution is 5.93. The summed E-state index contributed by atoms with van der Waals surface area (Å²) in [7, 11) is 1.63. The zero-order valence-corrected chi connectivity index (χ0v) is 14.2. The summed E-state index contributed by atoms with van der Waals surface area (Å²) in [5.41, 5.74) is 2.17. The number of amides is 1. The number of carbonyl (C=O) groups excluding carboxylic acids is 1. The van der Waals surface area contributed by atoms with E-state index in [-0.39, 0.29) is 5.91 Å². The summed E-state index contributed by atoms with van der Waals surface area (Å²) >= 11 is 0. The topological polar surface area (TPSA) is 76.7 Å². The molecule has 0 radical (unpaired) electrons. The molecule has 4 rings (SSSR count). The van der Waals surface area contributed by atoms with Gasteiger partial charge in [0.25, 0.3) is 5.91 Å². The Hall–Kier alpha value is -2.38. The van der Waals surface area contributed by atoms with Gasteiger partial charge in [-0.1, -0.05) is 0 Å². The van der Waals surface area contributed by atoms with Gasteiger partial charge in [0, 0.05) is 31.5 Å². The van der Waals surface area contributed by atoms with E-state index in [1.165, 1.54) is 0 Å². The molecule has 0 bridgehead atoms. The number of carbonyl (C=O) groups is 1. The van der Waals surface area contributed by atoms with Crippen LogP contribution in [0.5, 0.6) is 5.75 Å². The van der Waals surface area contributed by atoms with Crippen LogP contribution >= 0.6 is 0 Å². The Bertz CT molecular complexity index is 740. The van der Waals surface area contributed by atoms with Gasteiger partial charge < -0.3 is 19.1 Å². The Morgan fingerprint density at radius 2 is 1.88 bits per heavy atom. The minimum Gasteiger partial charge on any atom is -0.497 e. The molecule has 2 aliphatic heterocycles. The average Bonchev–Trinajstić information content (AvgIpc) is 3.32. The Kier molecular flexibility index (Phi) is 4.19. The Morgan fingerprint density at radius 1 is 1.20 bits per heavy atom. The number of likely N-dealkylation sites (tertiary alicyclic amines) is 1. The van der Waals surface area contributed by atoms with E-state index in [9.17, 15) is 4.79 Å². The molecule has 0 atom stereocenters.